The summed E-state index contributed by atoms with van der Waals surface area (Å²) in [5.74, 6) is 0.111. The molecule has 104 valence electrons. The number of carbonyl (C=O) groups is 1. The van der Waals surface area contributed by atoms with Crippen molar-refractivity contribution < 1.29 is 4.79 Å². The molecule has 3 N–H and O–H groups in total. The van der Waals surface area contributed by atoms with Gasteiger partial charge in [0.1, 0.15) is 0 Å². The number of nitrogens with two attached hydrogens (primary N) is 1. The number of anilines is 1. The van der Waals surface area contributed by atoms with Gasteiger partial charge in [0.25, 0.3) is 5.56 Å². The molecule has 0 saturated carbocycles. The smallest absolute Gasteiger partial charge is 0.262 e. The van der Waals surface area contributed by atoms with E-state index in [4.69, 9.17) is 5.73 Å². The molecule has 1 aliphatic rings. The van der Waals surface area contributed by atoms with Gasteiger partial charge in [-0.25, -0.2) is 4.98 Å². The number of nitrogens with one attached hydrogen (secondary N) is 1. The Morgan fingerprint density at radius 1 is 1.40 bits per heavy atom. The third-order valence-electron chi connectivity index (χ3n) is 3.68. The first-order valence-corrected chi connectivity index (χ1v) is 6.48. The second-order valence-corrected chi connectivity index (χ2v) is 4.92. The summed E-state index contributed by atoms with van der Waals surface area (Å²) in [6.45, 7) is 2.81. The minimum Gasteiger partial charge on any atom is -0.369 e. The van der Waals surface area contributed by atoms with Crippen LogP contribution in [0.3, 0.4) is 0 Å². The van der Waals surface area contributed by atoms with Crippen LogP contribution in [0.15, 0.2) is 11.0 Å². The van der Waals surface area contributed by atoms with Crippen LogP contribution in [0.2, 0.25) is 0 Å². The standard InChI is InChI=1S/C13H15N5O2/c1-7(19)18-4-2-8-6-15-11-10(9(8)3-5-18)12(20)17-13(14)16-11/h6H,2-5H2,1H3,(H3,14,15,16,17,20). The molecule has 0 radical (unpaired) electrons. The second-order valence-electron chi connectivity index (χ2n) is 4.92. The highest BCUT2D eigenvalue weighted by atomic mass is 16.2. The van der Waals surface area contributed by atoms with Crippen LogP contribution >= 0.6 is 0 Å². The maximum atomic E-state index is 12.1. The second kappa shape index (κ2) is 4.59. The number of carbonyl (C=O) groups excluding carboxylic acids is 1. The molecule has 1 amide bonds. The number of aromatic amines is 1. The van der Waals surface area contributed by atoms with Crippen molar-refractivity contribution in [1.29, 1.82) is 0 Å². The average Bonchev–Trinajstić information content (AvgIpc) is 2.60. The summed E-state index contributed by atoms with van der Waals surface area (Å²) in [6.07, 6.45) is 3.05. The summed E-state index contributed by atoms with van der Waals surface area (Å²) in [5, 5.41) is 0.488. The van der Waals surface area contributed by atoms with Gasteiger partial charge < -0.3 is 10.6 Å². The molecule has 0 saturated heterocycles. The predicted octanol–water partition coefficient (Wildman–Crippen LogP) is -0.153. The van der Waals surface area contributed by atoms with Crippen LogP contribution in [-0.4, -0.2) is 38.8 Å². The number of H-pyrrole nitrogens is 1. The maximum Gasteiger partial charge on any atom is 0.262 e. The van der Waals surface area contributed by atoms with Crippen LogP contribution < -0.4 is 11.3 Å². The number of nitrogen functional groups attached to an aromatic ring is 1. The maximum absolute atomic E-state index is 12.1. The zero-order valence-corrected chi connectivity index (χ0v) is 11.1. The van der Waals surface area contributed by atoms with Gasteiger partial charge in [0, 0.05) is 26.2 Å². The first-order valence-electron chi connectivity index (χ1n) is 6.48. The number of nitrogens with zero attached hydrogens (tertiary/aromatic N) is 3. The fourth-order valence-electron chi connectivity index (χ4n) is 2.65. The summed E-state index contributed by atoms with van der Waals surface area (Å²) < 4.78 is 0. The molecule has 0 unspecified atom stereocenters. The Morgan fingerprint density at radius 2 is 2.15 bits per heavy atom. The molecule has 2 aromatic rings. The molecule has 7 heteroatoms. The van der Waals surface area contributed by atoms with Crippen LogP contribution in [0.4, 0.5) is 5.95 Å². The van der Waals surface area contributed by atoms with E-state index in [1.807, 2.05) is 0 Å². The van der Waals surface area contributed by atoms with Gasteiger partial charge in [0.05, 0.1) is 5.39 Å². The van der Waals surface area contributed by atoms with Crippen LogP contribution in [-0.2, 0) is 17.6 Å². The van der Waals surface area contributed by atoms with E-state index in [0.717, 1.165) is 11.1 Å². The number of pyridine rings is 1. The van der Waals surface area contributed by atoms with Crippen molar-refractivity contribution in [2.75, 3.05) is 18.8 Å². The van der Waals surface area contributed by atoms with E-state index in [0.29, 0.717) is 37.0 Å². The Hall–Kier alpha value is -2.44. The van der Waals surface area contributed by atoms with Crippen molar-refractivity contribution in [2.24, 2.45) is 0 Å². The Morgan fingerprint density at radius 3 is 2.90 bits per heavy atom. The number of hydrogen-bond donors (Lipinski definition) is 2. The van der Waals surface area contributed by atoms with Gasteiger partial charge in [-0.1, -0.05) is 0 Å². The summed E-state index contributed by atoms with van der Waals surface area (Å²) in [4.78, 5) is 36.2. The topological polar surface area (TPSA) is 105 Å². The van der Waals surface area contributed by atoms with Gasteiger partial charge in [0.2, 0.25) is 11.9 Å². The highest BCUT2D eigenvalue weighted by Gasteiger charge is 2.20. The summed E-state index contributed by atoms with van der Waals surface area (Å²) >= 11 is 0. The van der Waals surface area contributed by atoms with Crippen LogP contribution in [0.25, 0.3) is 11.0 Å². The molecule has 0 atom stereocenters. The summed E-state index contributed by atoms with van der Waals surface area (Å²) in [5.41, 5.74) is 7.55. The quantitative estimate of drug-likeness (QED) is 0.694. The number of hydrogen-bond acceptors (Lipinski definition) is 5. The van der Waals surface area contributed by atoms with Crippen LogP contribution in [0.1, 0.15) is 18.1 Å². The predicted molar refractivity (Wildman–Crippen MR) is 74.2 cm³/mol. The third kappa shape index (κ3) is 2.01. The van der Waals surface area contributed by atoms with Crippen molar-refractivity contribution in [2.45, 2.75) is 19.8 Å². The van der Waals surface area contributed by atoms with Crippen molar-refractivity contribution >= 4 is 22.9 Å². The van der Waals surface area contributed by atoms with Gasteiger partial charge in [-0.3, -0.25) is 14.6 Å². The van der Waals surface area contributed by atoms with Crippen molar-refractivity contribution in [3.05, 3.63) is 27.7 Å². The van der Waals surface area contributed by atoms with Crippen molar-refractivity contribution in [3.8, 4) is 0 Å². The van der Waals surface area contributed by atoms with E-state index < -0.39 is 0 Å². The lowest BCUT2D eigenvalue weighted by molar-refractivity contribution is -0.128. The molecular weight excluding hydrogens is 258 g/mol. The lowest BCUT2D eigenvalue weighted by Gasteiger charge is -2.17. The molecule has 0 spiro atoms. The number of rotatable bonds is 0. The molecule has 7 nitrogen and oxygen atoms in total. The molecule has 1 aliphatic heterocycles. The largest absolute Gasteiger partial charge is 0.369 e. The number of aromatic nitrogens is 3. The van der Waals surface area contributed by atoms with Gasteiger partial charge in [-0.15, -0.1) is 0 Å². The van der Waals surface area contributed by atoms with Crippen molar-refractivity contribution in [1.82, 2.24) is 19.9 Å². The lowest BCUT2D eigenvalue weighted by atomic mass is 10.0. The molecule has 3 heterocycles. The van der Waals surface area contributed by atoms with E-state index in [9.17, 15) is 9.59 Å². The molecule has 20 heavy (non-hydrogen) atoms. The fourth-order valence-corrected chi connectivity index (χ4v) is 2.65. The number of fused-ring (bicyclic) bond motifs is 3. The minimum atomic E-state index is -0.270. The zero-order chi connectivity index (χ0) is 14.3. The van der Waals surface area contributed by atoms with E-state index in [1.54, 1.807) is 18.0 Å². The van der Waals surface area contributed by atoms with Crippen LogP contribution in [0, 0.1) is 0 Å². The van der Waals surface area contributed by atoms with Gasteiger partial charge in [-0.2, -0.15) is 4.98 Å². The van der Waals surface area contributed by atoms with E-state index in [1.165, 1.54) is 0 Å². The molecule has 0 bridgehead atoms. The Labute approximate surface area is 114 Å². The van der Waals surface area contributed by atoms with E-state index >= 15 is 0 Å². The summed E-state index contributed by atoms with van der Waals surface area (Å²) in [7, 11) is 0. The van der Waals surface area contributed by atoms with Gasteiger partial charge in [0.15, 0.2) is 5.65 Å². The first kappa shape index (κ1) is 12.6. The molecule has 0 aliphatic carbocycles. The average molecular weight is 273 g/mol. The van der Waals surface area contributed by atoms with E-state index in [2.05, 4.69) is 15.0 Å². The van der Waals surface area contributed by atoms with Gasteiger partial charge in [-0.05, 0) is 24.0 Å². The molecule has 2 aromatic heterocycles. The lowest BCUT2D eigenvalue weighted by Crippen LogP contribution is -2.31. The van der Waals surface area contributed by atoms with Gasteiger partial charge >= 0.3 is 0 Å². The Kier molecular flexibility index (Phi) is 2.89. The fraction of sp³-hybridized carbons (Fsp3) is 0.385. The van der Waals surface area contributed by atoms with Crippen molar-refractivity contribution in [3.63, 3.8) is 0 Å². The Bertz CT molecular complexity index is 752. The normalized spacial score (nSPS) is 14.9. The first-order chi connectivity index (χ1) is 9.56. The minimum absolute atomic E-state index is 0.0475. The zero-order valence-electron chi connectivity index (χ0n) is 11.1. The monoisotopic (exact) mass is 273 g/mol. The SMILES string of the molecule is CC(=O)N1CCc2cnc3nc(N)[nH]c(=O)c3c2CC1. The Balaban J connectivity index is 2.16. The molecule has 3 rings (SSSR count). The van der Waals surface area contributed by atoms with Crippen LogP contribution in [0.5, 0.6) is 0 Å². The summed E-state index contributed by atoms with van der Waals surface area (Å²) in [6, 6.07) is 0. The third-order valence-corrected chi connectivity index (χ3v) is 3.68. The molecule has 0 aromatic carbocycles. The highest BCUT2D eigenvalue weighted by Crippen LogP contribution is 2.21. The molecular formula is C13H15N5O2. The molecule has 0 fully saturated rings. The van der Waals surface area contributed by atoms with E-state index in [-0.39, 0.29) is 17.4 Å². The highest BCUT2D eigenvalue weighted by molar-refractivity contribution is 5.80. The number of amides is 1.